The van der Waals surface area contributed by atoms with Gasteiger partial charge in [0, 0.05) is 22.6 Å². The van der Waals surface area contributed by atoms with Crippen molar-refractivity contribution in [2.75, 3.05) is 18.1 Å². The molecule has 5 heteroatoms. The fraction of sp³-hybridized carbons (Fsp3) is 0.500. The molecule has 0 spiro atoms. The molecule has 0 aliphatic carbocycles. The minimum absolute atomic E-state index is 0.277. The minimum Gasteiger partial charge on any atom is -0.491 e. The lowest BCUT2D eigenvalue weighted by Gasteiger charge is -2.10. The first-order valence-corrected chi connectivity index (χ1v) is 7.45. The molecule has 0 heterocycles. The van der Waals surface area contributed by atoms with Crippen molar-refractivity contribution in [2.24, 2.45) is 5.73 Å². The van der Waals surface area contributed by atoms with Crippen LogP contribution in [0.25, 0.3) is 0 Å². The number of thioether (sulfide) groups is 1. The zero-order chi connectivity index (χ0) is 12.7. The Hall–Kier alpha value is -0.0900. The summed E-state index contributed by atoms with van der Waals surface area (Å²) in [5.74, 6) is 2.55. The van der Waals surface area contributed by atoms with Crippen LogP contribution < -0.4 is 10.5 Å². The second-order valence-electron chi connectivity index (χ2n) is 3.67. The molecule has 1 aromatic rings. The van der Waals surface area contributed by atoms with Gasteiger partial charge in [0.15, 0.2) is 0 Å². The second kappa shape index (κ2) is 8.09. The highest BCUT2D eigenvalue weighted by atomic mass is 35.5. The maximum Gasteiger partial charge on any atom is 0.138 e. The molecule has 0 radical (unpaired) electrons. The van der Waals surface area contributed by atoms with Crippen LogP contribution in [0.3, 0.4) is 0 Å². The molecule has 2 nitrogen and oxygen atoms in total. The van der Waals surface area contributed by atoms with E-state index in [0.29, 0.717) is 22.4 Å². The average Bonchev–Trinajstić information content (AvgIpc) is 2.30. The molecule has 96 valence electrons. The fourth-order valence-electron chi connectivity index (χ4n) is 1.16. The lowest BCUT2D eigenvalue weighted by molar-refractivity contribution is 0.344. The zero-order valence-electron chi connectivity index (χ0n) is 9.79. The number of hydrogen-bond acceptors (Lipinski definition) is 3. The van der Waals surface area contributed by atoms with Gasteiger partial charge in [0.2, 0.25) is 0 Å². The van der Waals surface area contributed by atoms with Crippen molar-refractivity contribution in [1.82, 2.24) is 0 Å². The molecule has 0 amide bonds. The van der Waals surface area contributed by atoms with Gasteiger partial charge in [-0.2, -0.15) is 11.8 Å². The molecule has 0 aliphatic rings. The minimum atomic E-state index is 0.277. The normalized spacial score (nSPS) is 12.5. The first-order chi connectivity index (χ1) is 8.13. The Kier molecular flexibility index (Phi) is 7.12. The van der Waals surface area contributed by atoms with Crippen molar-refractivity contribution in [1.29, 1.82) is 0 Å². The van der Waals surface area contributed by atoms with Crippen LogP contribution in [0.4, 0.5) is 0 Å². The molecule has 0 aliphatic heterocycles. The molecule has 2 N–H and O–H groups in total. The van der Waals surface area contributed by atoms with Crippen LogP contribution in [-0.4, -0.2) is 24.2 Å². The summed E-state index contributed by atoms with van der Waals surface area (Å²) in [6, 6.07) is 5.51. The third-order valence-corrected chi connectivity index (χ3v) is 3.89. The summed E-state index contributed by atoms with van der Waals surface area (Å²) in [5, 5.41) is 1.17. The van der Waals surface area contributed by atoms with Crippen molar-refractivity contribution in [3.8, 4) is 5.75 Å². The van der Waals surface area contributed by atoms with Crippen LogP contribution in [-0.2, 0) is 0 Å². The summed E-state index contributed by atoms with van der Waals surface area (Å²) in [4.78, 5) is 0. The Labute approximate surface area is 117 Å². The molecular weight excluding hydrogens is 277 g/mol. The quantitative estimate of drug-likeness (QED) is 0.776. The van der Waals surface area contributed by atoms with Gasteiger partial charge in [-0.05, 0) is 24.6 Å². The van der Waals surface area contributed by atoms with E-state index < -0.39 is 0 Å². The van der Waals surface area contributed by atoms with Crippen LogP contribution in [0.5, 0.6) is 5.75 Å². The van der Waals surface area contributed by atoms with Crippen LogP contribution in [0.1, 0.15) is 13.3 Å². The molecule has 17 heavy (non-hydrogen) atoms. The highest BCUT2D eigenvalue weighted by molar-refractivity contribution is 7.99. The zero-order valence-corrected chi connectivity index (χ0v) is 12.1. The molecule has 0 saturated heterocycles. The van der Waals surface area contributed by atoms with Gasteiger partial charge >= 0.3 is 0 Å². The van der Waals surface area contributed by atoms with E-state index in [9.17, 15) is 0 Å². The largest absolute Gasteiger partial charge is 0.491 e. The summed E-state index contributed by atoms with van der Waals surface area (Å²) < 4.78 is 5.55. The van der Waals surface area contributed by atoms with Crippen LogP contribution in [0.2, 0.25) is 10.0 Å². The van der Waals surface area contributed by atoms with E-state index in [1.807, 2.05) is 0 Å². The summed E-state index contributed by atoms with van der Waals surface area (Å²) in [6.07, 6.45) is 1.01. The third-order valence-electron chi connectivity index (χ3n) is 2.24. The molecule has 1 unspecified atom stereocenters. The molecule has 0 saturated carbocycles. The third kappa shape index (κ3) is 5.87. The van der Waals surface area contributed by atoms with E-state index in [1.54, 1.807) is 30.0 Å². The summed E-state index contributed by atoms with van der Waals surface area (Å²) >= 11 is 13.6. The molecule has 0 aromatic heterocycles. The van der Waals surface area contributed by atoms with Gasteiger partial charge in [0.05, 0.1) is 11.6 Å². The summed E-state index contributed by atoms with van der Waals surface area (Å²) in [6.45, 7) is 2.72. The SMILES string of the molecule is CCC(N)CSCCOc1ccc(Cl)cc1Cl. The molecule has 0 fully saturated rings. The Bertz CT molecular complexity index is 349. The van der Waals surface area contributed by atoms with Crippen molar-refractivity contribution >= 4 is 35.0 Å². The molecule has 1 atom stereocenters. The Morgan fingerprint density at radius 2 is 2.18 bits per heavy atom. The van der Waals surface area contributed by atoms with E-state index in [0.717, 1.165) is 17.9 Å². The van der Waals surface area contributed by atoms with Crippen LogP contribution in [0, 0.1) is 0 Å². The number of rotatable bonds is 7. The van der Waals surface area contributed by atoms with E-state index in [4.69, 9.17) is 33.7 Å². The lowest BCUT2D eigenvalue weighted by atomic mass is 10.3. The van der Waals surface area contributed by atoms with E-state index in [-0.39, 0.29) is 6.04 Å². The predicted octanol–water partition coefficient (Wildman–Crippen LogP) is 3.84. The maximum absolute atomic E-state index is 5.98. The highest BCUT2D eigenvalue weighted by Crippen LogP contribution is 2.27. The first kappa shape index (κ1) is 15.0. The standard InChI is InChI=1S/C12H17Cl2NOS/c1-2-10(15)8-17-6-5-16-12-4-3-9(13)7-11(12)14/h3-4,7,10H,2,5-6,8,15H2,1H3. The summed E-state index contributed by atoms with van der Waals surface area (Å²) in [5.41, 5.74) is 5.81. The van der Waals surface area contributed by atoms with Gasteiger partial charge in [0.1, 0.15) is 5.75 Å². The van der Waals surface area contributed by atoms with Crippen molar-refractivity contribution in [3.63, 3.8) is 0 Å². The maximum atomic E-state index is 5.98. The van der Waals surface area contributed by atoms with Gasteiger partial charge in [0.25, 0.3) is 0 Å². The Balaban J connectivity index is 2.22. The summed E-state index contributed by atoms with van der Waals surface area (Å²) in [7, 11) is 0. The van der Waals surface area contributed by atoms with Gasteiger partial charge in [-0.1, -0.05) is 30.1 Å². The van der Waals surface area contributed by atoms with Crippen molar-refractivity contribution in [2.45, 2.75) is 19.4 Å². The number of nitrogens with two attached hydrogens (primary N) is 1. The molecule has 0 bridgehead atoms. The Morgan fingerprint density at radius 3 is 2.82 bits per heavy atom. The van der Waals surface area contributed by atoms with Crippen molar-refractivity contribution < 1.29 is 4.74 Å². The van der Waals surface area contributed by atoms with Gasteiger partial charge in [-0.15, -0.1) is 0 Å². The van der Waals surface area contributed by atoms with Crippen LogP contribution in [0.15, 0.2) is 18.2 Å². The van der Waals surface area contributed by atoms with Gasteiger partial charge in [-0.25, -0.2) is 0 Å². The smallest absolute Gasteiger partial charge is 0.138 e. The number of ether oxygens (including phenoxy) is 1. The van der Waals surface area contributed by atoms with Gasteiger partial charge < -0.3 is 10.5 Å². The fourth-order valence-corrected chi connectivity index (χ4v) is 2.52. The highest BCUT2D eigenvalue weighted by Gasteiger charge is 2.03. The van der Waals surface area contributed by atoms with Gasteiger partial charge in [-0.3, -0.25) is 0 Å². The monoisotopic (exact) mass is 293 g/mol. The lowest BCUT2D eigenvalue weighted by Crippen LogP contribution is -2.21. The molecule has 1 aromatic carbocycles. The number of hydrogen-bond donors (Lipinski definition) is 1. The van der Waals surface area contributed by atoms with E-state index in [1.165, 1.54) is 0 Å². The predicted molar refractivity (Wildman–Crippen MR) is 77.5 cm³/mol. The van der Waals surface area contributed by atoms with Crippen molar-refractivity contribution in [3.05, 3.63) is 28.2 Å². The molecule has 1 rings (SSSR count). The van der Waals surface area contributed by atoms with E-state index in [2.05, 4.69) is 6.92 Å². The van der Waals surface area contributed by atoms with E-state index >= 15 is 0 Å². The average molecular weight is 294 g/mol. The second-order valence-corrected chi connectivity index (χ2v) is 5.66. The number of benzene rings is 1. The number of halogens is 2. The first-order valence-electron chi connectivity index (χ1n) is 5.54. The molecular formula is C12H17Cl2NOS. The topological polar surface area (TPSA) is 35.2 Å². The Morgan fingerprint density at radius 1 is 1.41 bits per heavy atom. The van der Waals surface area contributed by atoms with Crippen LogP contribution >= 0.6 is 35.0 Å².